The molecule has 0 aromatic heterocycles. The molecular formula is C18H23NO2. The zero-order valence-corrected chi connectivity index (χ0v) is 12.9. The number of benzene rings is 2. The van der Waals surface area contributed by atoms with Gasteiger partial charge >= 0.3 is 0 Å². The Balaban J connectivity index is 1.91. The highest BCUT2D eigenvalue weighted by Crippen LogP contribution is 2.26. The van der Waals surface area contributed by atoms with Gasteiger partial charge in [-0.3, -0.25) is 0 Å². The van der Waals surface area contributed by atoms with Crippen LogP contribution in [-0.2, 0) is 11.3 Å². The molecule has 1 unspecified atom stereocenters. The van der Waals surface area contributed by atoms with Gasteiger partial charge in [-0.25, -0.2) is 0 Å². The van der Waals surface area contributed by atoms with Crippen LogP contribution in [0.5, 0.6) is 5.75 Å². The number of ether oxygens (including phenoxy) is 2. The van der Waals surface area contributed by atoms with E-state index in [0.29, 0.717) is 6.61 Å². The molecule has 2 aromatic rings. The summed E-state index contributed by atoms with van der Waals surface area (Å²) in [7, 11) is 1.94. The van der Waals surface area contributed by atoms with Gasteiger partial charge in [0.1, 0.15) is 5.75 Å². The van der Waals surface area contributed by atoms with E-state index in [-0.39, 0.29) is 12.8 Å². The fourth-order valence-electron chi connectivity index (χ4n) is 2.12. The van der Waals surface area contributed by atoms with Crippen molar-refractivity contribution in [1.29, 1.82) is 0 Å². The molecule has 1 N–H and O–H groups in total. The summed E-state index contributed by atoms with van der Waals surface area (Å²) in [5, 5.41) is 3.24. The van der Waals surface area contributed by atoms with Gasteiger partial charge < -0.3 is 14.8 Å². The minimum Gasteiger partial charge on any atom is -0.467 e. The van der Waals surface area contributed by atoms with Crippen LogP contribution < -0.4 is 10.1 Å². The Labute approximate surface area is 126 Å². The highest BCUT2D eigenvalue weighted by atomic mass is 16.7. The number of rotatable bonds is 7. The lowest BCUT2D eigenvalue weighted by atomic mass is 10.1. The van der Waals surface area contributed by atoms with Crippen LogP contribution in [0.2, 0.25) is 0 Å². The molecule has 0 saturated heterocycles. The molecule has 0 heterocycles. The van der Waals surface area contributed by atoms with Crippen LogP contribution in [0.3, 0.4) is 0 Å². The maximum Gasteiger partial charge on any atom is 0.189 e. The first-order valence-corrected chi connectivity index (χ1v) is 7.23. The van der Waals surface area contributed by atoms with Gasteiger partial charge in [0.25, 0.3) is 0 Å². The lowest BCUT2D eigenvalue weighted by Crippen LogP contribution is -2.14. The van der Waals surface area contributed by atoms with Gasteiger partial charge in [-0.15, -0.1) is 0 Å². The third-order valence-corrected chi connectivity index (χ3v) is 3.48. The third kappa shape index (κ3) is 4.59. The predicted octanol–water partition coefficient (Wildman–Crippen LogP) is 3.83. The fourth-order valence-corrected chi connectivity index (χ4v) is 2.12. The molecule has 0 aliphatic rings. The van der Waals surface area contributed by atoms with Gasteiger partial charge in [-0.1, -0.05) is 42.5 Å². The normalized spacial score (nSPS) is 12.1. The lowest BCUT2D eigenvalue weighted by Gasteiger charge is -2.17. The van der Waals surface area contributed by atoms with Crippen LogP contribution >= 0.6 is 0 Å². The van der Waals surface area contributed by atoms with E-state index in [1.165, 1.54) is 5.56 Å². The molecule has 0 bridgehead atoms. The first-order chi connectivity index (χ1) is 10.2. The van der Waals surface area contributed by atoms with Crippen molar-refractivity contribution in [2.75, 3.05) is 13.8 Å². The molecule has 112 valence electrons. The summed E-state index contributed by atoms with van der Waals surface area (Å²) < 4.78 is 11.4. The maximum atomic E-state index is 5.80. The topological polar surface area (TPSA) is 30.5 Å². The van der Waals surface area contributed by atoms with Crippen molar-refractivity contribution >= 4 is 0 Å². The molecule has 0 amide bonds. The summed E-state index contributed by atoms with van der Waals surface area (Å²) >= 11 is 0. The van der Waals surface area contributed by atoms with Gasteiger partial charge in [-0.2, -0.15) is 0 Å². The van der Waals surface area contributed by atoms with Gasteiger partial charge in [0.15, 0.2) is 6.79 Å². The minimum atomic E-state index is 0.245. The summed E-state index contributed by atoms with van der Waals surface area (Å²) in [6.07, 6.45) is 0. The van der Waals surface area contributed by atoms with Crippen molar-refractivity contribution in [3.8, 4) is 5.75 Å². The minimum absolute atomic E-state index is 0.245. The molecule has 3 heteroatoms. The highest BCUT2D eigenvalue weighted by Gasteiger charge is 2.10. The van der Waals surface area contributed by atoms with E-state index in [2.05, 4.69) is 37.4 Å². The third-order valence-electron chi connectivity index (χ3n) is 3.48. The standard InChI is InChI=1S/C18H23NO2/c1-14-9-10-17(15(2)19-3)18(11-14)21-13-20-12-16-7-5-4-6-8-16/h4-11,15,19H,12-13H2,1-3H3. The molecule has 1 atom stereocenters. The quantitative estimate of drug-likeness (QED) is 0.619. The van der Waals surface area contributed by atoms with Gasteiger partial charge in [-0.05, 0) is 38.1 Å². The predicted molar refractivity (Wildman–Crippen MR) is 85.4 cm³/mol. The summed E-state index contributed by atoms with van der Waals surface area (Å²) in [4.78, 5) is 0. The number of hydrogen-bond donors (Lipinski definition) is 1. The Kier molecular flexibility index (Phi) is 5.78. The molecule has 0 aliphatic heterocycles. The van der Waals surface area contributed by atoms with E-state index in [1.807, 2.05) is 37.4 Å². The number of aryl methyl sites for hydroxylation is 1. The molecule has 2 aromatic carbocycles. The maximum absolute atomic E-state index is 5.80. The Bertz CT molecular complexity index is 554. The molecule has 0 saturated carbocycles. The number of hydrogen-bond acceptors (Lipinski definition) is 3. The van der Waals surface area contributed by atoms with E-state index < -0.39 is 0 Å². The first-order valence-electron chi connectivity index (χ1n) is 7.23. The SMILES string of the molecule is CNC(C)c1ccc(C)cc1OCOCc1ccccc1. The molecule has 0 fully saturated rings. The molecule has 3 nitrogen and oxygen atoms in total. The van der Waals surface area contributed by atoms with Crippen LogP contribution in [0.1, 0.15) is 29.7 Å². The van der Waals surface area contributed by atoms with Crippen LogP contribution in [0.4, 0.5) is 0 Å². The average Bonchev–Trinajstić information content (AvgIpc) is 2.52. The Morgan fingerprint density at radius 3 is 2.57 bits per heavy atom. The zero-order valence-electron chi connectivity index (χ0n) is 12.9. The lowest BCUT2D eigenvalue weighted by molar-refractivity contribution is 0.00431. The van der Waals surface area contributed by atoms with Crippen LogP contribution in [-0.4, -0.2) is 13.8 Å². The van der Waals surface area contributed by atoms with Crippen molar-refractivity contribution in [3.05, 3.63) is 65.2 Å². The molecular weight excluding hydrogens is 262 g/mol. The van der Waals surface area contributed by atoms with Crippen LogP contribution in [0.15, 0.2) is 48.5 Å². The summed E-state index contributed by atoms with van der Waals surface area (Å²) in [5.74, 6) is 0.880. The monoisotopic (exact) mass is 285 g/mol. The molecule has 0 spiro atoms. The van der Waals surface area contributed by atoms with E-state index in [1.54, 1.807) is 0 Å². The summed E-state index contributed by atoms with van der Waals surface area (Å²) in [5.41, 5.74) is 3.47. The second-order valence-corrected chi connectivity index (χ2v) is 5.15. The van der Waals surface area contributed by atoms with Crippen molar-refractivity contribution in [3.63, 3.8) is 0 Å². The van der Waals surface area contributed by atoms with Crippen molar-refractivity contribution < 1.29 is 9.47 Å². The first kappa shape index (κ1) is 15.5. The largest absolute Gasteiger partial charge is 0.467 e. The Hall–Kier alpha value is -1.84. The van der Waals surface area contributed by atoms with E-state index in [0.717, 1.165) is 16.9 Å². The second kappa shape index (κ2) is 7.81. The molecule has 2 rings (SSSR count). The van der Waals surface area contributed by atoms with E-state index in [9.17, 15) is 0 Å². The van der Waals surface area contributed by atoms with E-state index >= 15 is 0 Å². The van der Waals surface area contributed by atoms with Crippen LogP contribution in [0, 0.1) is 6.92 Å². The highest BCUT2D eigenvalue weighted by molar-refractivity contribution is 5.39. The average molecular weight is 285 g/mol. The van der Waals surface area contributed by atoms with Crippen LogP contribution in [0.25, 0.3) is 0 Å². The molecule has 0 aliphatic carbocycles. The molecule has 0 radical (unpaired) electrons. The Morgan fingerprint density at radius 2 is 1.86 bits per heavy atom. The van der Waals surface area contributed by atoms with Gasteiger partial charge in [0, 0.05) is 11.6 Å². The fraction of sp³-hybridized carbons (Fsp3) is 0.333. The van der Waals surface area contributed by atoms with Crippen molar-refractivity contribution in [1.82, 2.24) is 5.32 Å². The second-order valence-electron chi connectivity index (χ2n) is 5.15. The van der Waals surface area contributed by atoms with Gasteiger partial charge in [0.2, 0.25) is 0 Å². The smallest absolute Gasteiger partial charge is 0.189 e. The number of nitrogens with one attached hydrogen (secondary N) is 1. The summed E-state index contributed by atoms with van der Waals surface area (Å²) in [6.45, 7) is 4.99. The van der Waals surface area contributed by atoms with E-state index in [4.69, 9.17) is 9.47 Å². The van der Waals surface area contributed by atoms with Crippen molar-refractivity contribution in [2.24, 2.45) is 0 Å². The summed E-state index contributed by atoms with van der Waals surface area (Å²) in [6, 6.07) is 16.6. The van der Waals surface area contributed by atoms with Crippen molar-refractivity contribution in [2.45, 2.75) is 26.5 Å². The Morgan fingerprint density at radius 1 is 1.10 bits per heavy atom. The zero-order chi connectivity index (χ0) is 15.1. The molecule has 21 heavy (non-hydrogen) atoms. The van der Waals surface area contributed by atoms with Gasteiger partial charge in [0.05, 0.1) is 6.61 Å².